The van der Waals surface area contributed by atoms with E-state index in [4.69, 9.17) is 44.9 Å². The van der Waals surface area contributed by atoms with Gasteiger partial charge in [0.15, 0.2) is 10.9 Å². The Hall–Kier alpha value is -3.06. The molecule has 1 N–H and O–H groups in total. The minimum absolute atomic E-state index is 0.180. The van der Waals surface area contributed by atoms with Crippen LogP contribution in [-0.2, 0) is 17.8 Å². The molecule has 1 heterocycles. The molecule has 1 amide bonds. The molecule has 0 atom stereocenters. The topological polar surface area (TPSA) is 50.8 Å². The summed E-state index contributed by atoms with van der Waals surface area (Å²) in [6, 6.07) is 18.5. The number of aryl methyl sites for hydroxylation is 1. The second-order valence-corrected chi connectivity index (χ2v) is 8.72. The van der Waals surface area contributed by atoms with Gasteiger partial charge in [0.2, 0.25) is 0 Å². The lowest BCUT2D eigenvalue weighted by molar-refractivity contribution is -0.113. The number of methoxy groups -OCH3 is 1. The second-order valence-electron chi connectivity index (χ2n) is 7.52. The van der Waals surface area contributed by atoms with E-state index in [1.165, 1.54) is 4.90 Å². The number of para-hydroxylation sites is 2. The van der Waals surface area contributed by atoms with Gasteiger partial charge in [-0.25, -0.2) is 0 Å². The van der Waals surface area contributed by atoms with Crippen LogP contribution in [-0.4, -0.2) is 18.1 Å². The smallest absolute Gasteiger partial charge is 0.281 e. The van der Waals surface area contributed by atoms with E-state index in [0.29, 0.717) is 32.4 Å². The molecule has 174 valence electrons. The molecule has 0 aromatic heterocycles. The predicted molar refractivity (Wildman–Crippen MR) is 141 cm³/mol. The Bertz CT molecular complexity index is 1270. The van der Waals surface area contributed by atoms with Crippen molar-refractivity contribution in [1.29, 1.82) is 0 Å². The number of nitrogens with one attached hydrogen (secondary N) is 1. The van der Waals surface area contributed by atoms with Crippen LogP contribution in [0, 0.1) is 0 Å². The van der Waals surface area contributed by atoms with Gasteiger partial charge >= 0.3 is 0 Å². The van der Waals surface area contributed by atoms with Crippen LogP contribution in [0.1, 0.15) is 23.6 Å². The molecule has 0 radical (unpaired) electrons. The Morgan fingerprint density at radius 2 is 1.76 bits per heavy atom. The fourth-order valence-corrected chi connectivity index (χ4v) is 4.52. The first kappa shape index (κ1) is 24.1. The summed E-state index contributed by atoms with van der Waals surface area (Å²) < 4.78 is 11.4. The van der Waals surface area contributed by atoms with E-state index in [-0.39, 0.29) is 12.5 Å². The number of hydrogen-bond donors (Lipinski definition) is 1. The van der Waals surface area contributed by atoms with Gasteiger partial charge in [0.1, 0.15) is 18.1 Å². The maximum atomic E-state index is 13.2. The molecule has 1 aliphatic rings. The van der Waals surface area contributed by atoms with Gasteiger partial charge in [0, 0.05) is 5.56 Å². The van der Waals surface area contributed by atoms with Crippen LogP contribution in [0.2, 0.25) is 10.0 Å². The lowest BCUT2D eigenvalue weighted by atomic mass is 10.1. The van der Waals surface area contributed by atoms with Gasteiger partial charge in [-0.2, -0.15) is 0 Å². The van der Waals surface area contributed by atoms with Gasteiger partial charge in [-0.15, -0.1) is 0 Å². The number of carbonyl (C=O) groups excluding carboxylic acids is 1. The first-order chi connectivity index (χ1) is 16.4. The van der Waals surface area contributed by atoms with Gasteiger partial charge in [0.05, 0.1) is 22.8 Å². The normalized spacial score (nSPS) is 14.5. The van der Waals surface area contributed by atoms with Crippen molar-refractivity contribution in [2.75, 3.05) is 12.0 Å². The van der Waals surface area contributed by atoms with E-state index in [1.807, 2.05) is 49.4 Å². The average Bonchev–Trinajstić information content (AvgIpc) is 3.11. The largest absolute Gasteiger partial charge is 0.496 e. The number of rotatable bonds is 7. The molecular weight excluding hydrogens is 491 g/mol. The first-order valence-electron chi connectivity index (χ1n) is 10.6. The van der Waals surface area contributed by atoms with Crippen LogP contribution < -0.4 is 19.7 Å². The summed E-state index contributed by atoms with van der Waals surface area (Å²) in [5.41, 5.74) is 3.78. The van der Waals surface area contributed by atoms with Crippen LogP contribution in [0.15, 0.2) is 66.4 Å². The van der Waals surface area contributed by atoms with Gasteiger partial charge in [-0.05, 0) is 66.2 Å². The molecule has 0 unspecified atom stereocenters. The van der Waals surface area contributed by atoms with Crippen molar-refractivity contribution < 1.29 is 14.3 Å². The highest BCUT2D eigenvalue weighted by Crippen LogP contribution is 2.34. The molecule has 3 aromatic carbocycles. The predicted octanol–water partition coefficient (Wildman–Crippen LogP) is 6.41. The minimum atomic E-state index is -0.206. The van der Waals surface area contributed by atoms with Gasteiger partial charge in [-0.3, -0.25) is 9.69 Å². The number of amides is 1. The number of ether oxygens (including phenoxy) is 2. The fraction of sp³-hybridized carbons (Fsp3) is 0.154. The fourth-order valence-electron chi connectivity index (χ4n) is 3.72. The maximum absolute atomic E-state index is 13.2. The van der Waals surface area contributed by atoms with Gasteiger partial charge < -0.3 is 14.8 Å². The second kappa shape index (κ2) is 10.5. The van der Waals surface area contributed by atoms with E-state index in [0.717, 1.165) is 28.8 Å². The molecule has 1 aliphatic heterocycles. The standard InChI is InChI=1S/C26H22Cl2N2O3S/c1-3-17-7-4-5-10-22(17)30-25(31)21(29-26(30)34)14-16-11-12-23(32-2)18(13-16)15-33-24-19(27)8-6-9-20(24)28/h4-14H,3,15H2,1-2H3,(H,29,34)/b21-14+. The van der Waals surface area contributed by atoms with Crippen LogP contribution in [0.5, 0.6) is 11.5 Å². The summed E-state index contributed by atoms with van der Waals surface area (Å²) >= 11 is 17.9. The lowest BCUT2D eigenvalue weighted by Gasteiger charge is -2.17. The number of thiocarbonyl (C=S) groups is 1. The molecule has 1 fully saturated rings. The highest BCUT2D eigenvalue weighted by atomic mass is 35.5. The van der Waals surface area contributed by atoms with E-state index >= 15 is 0 Å². The molecule has 8 heteroatoms. The van der Waals surface area contributed by atoms with Crippen LogP contribution in [0.3, 0.4) is 0 Å². The Balaban J connectivity index is 1.61. The van der Waals surface area contributed by atoms with Crippen molar-refractivity contribution in [2.24, 2.45) is 0 Å². The van der Waals surface area contributed by atoms with Crippen LogP contribution in [0.4, 0.5) is 5.69 Å². The zero-order valence-corrected chi connectivity index (χ0v) is 20.9. The van der Waals surface area contributed by atoms with E-state index in [1.54, 1.807) is 31.4 Å². The van der Waals surface area contributed by atoms with Crippen molar-refractivity contribution in [3.8, 4) is 11.5 Å². The van der Waals surface area contributed by atoms with Crippen molar-refractivity contribution in [3.05, 3.63) is 93.1 Å². The lowest BCUT2D eigenvalue weighted by Crippen LogP contribution is -2.31. The zero-order chi connectivity index (χ0) is 24.2. The Kier molecular flexibility index (Phi) is 7.41. The minimum Gasteiger partial charge on any atom is -0.496 e. The van der Waals surface area contributed by atoms with Crippen molar-refractivity contribution in [3.63, 3.8) is 0 Å². The number of hydrogen-bond acceptors (Lipinski definition) is 4. The molecule has 0 aliphatic carbocycles. The molecule has 5 nitrogen and oxygen atoms in total. The molecule has 34 heavy (non-hydrogen) atoms. The average molecular weight is 513 g/mol. The van der Waals surface area contributed by atoms with Crippen molar-refractivity contribution >= 4 is 58.2 Å². The van der Waals surface area contributed by atoms with Gasteiger partial charge in [0.25, 0.3) is 5.91 Å². The number of anilines is 1. The number of benzene rings is 3. The third-order valence-electron chi connectivity index (χ3n) is 5.40. The Morgan fingerprint density at radius 3 is 2.47 bits per heavy atom. The highest BCUT2D eigenvalue weighted by Gasteiger charge is 2.33. The van der Waals surface area contributed by atoms with Crippen LogP contribution in [0.25, 0.3) is 6.08 Å². The zero-order valence-electron chi connectivity index (χ0n) is 18.6. The summed E-state index contributed by atoms with van der Waals surface area (Å²) in [6.07, 6.45) is 2.55. The van der Waals surface area contributed by atoms with Crippen molar-refractivity contribution in [1.82, 2.24) is 5.32 Å². The molecular formula is C26H22Cl2N2O3S. The number of halogens is 2. The van der Waals surface area contributed by atoms with Crippen molar-refractivity contribution in [2.45, 2.75) is 20.0 Å². The van der Waals surface area contributed by atoms with E-state index in [9.17, 15) is 4.79 Å². The summed E-state index contributed by atoms with van der Waals surface area (Å²) in [5, 5.41) is 4.24. The summed E-state index contributed by atoms with van der Waals surface area (Å²) in [6.45, 7) is 2.22. The molecule has 0 spiro atoms. The Labute approximate surface area is 213 Å². The monoisotopic (exact) mass is 512 g/mol. The molecule has 0 bridgehead atoms. The van der Waals surface area contributed by atoms with Gasteiger partial charge in [-0.1, -0.05) is 60.5 Å². The number of nitrogens with zero attached hydrogens (tertiary/aromatic N) is 1. The number of carbonyl (C=O) groups is 1. The third-order valence-corrected chi connectivity index (χ3v) is 6.28. The highest BCUT2D eigenvalue weighted by molar-refractivity contribution is 7.80. The van der Waals surface area contributed by atoms with E-state index in [2.05, 4.69) is 5.32 Å². The van der Waals surface area contributed by atoms with E-state index < -0.39 is 0 Å². The quantitative estimate of drug-likeness (QED) is 0.293. The molecule has 4 rings (SSSR count). The summed E-state index contributed by atoms with van der Waals surface area (Å²) in [7, 11) is 1.59. The third kappa shape index (κ3) is 4.89. The molecule has 0 saturated carbocycles. The first-order valence-corrected chi connectivity index (χ1v) is 11.8. The van der Waals surface area contributed by atoms with Crippen LogP contribution >= 0.6 is 35.4 Å². The molecule has 3 aromatic rings. The summed E-state index contributed by atoms with van der Waals surface area (Å²) in [5.74, 6) is 0.840. The summed E-state index contributed by atoms with van der Waals surface area (Å²) in [4.78, 5) is 14.7. The maximum Gasteiger partial charge on any atom is 0.281 e. The SMILES string of the molecule is CCc1ccccc1N1C(=O)/C(=C\c2ccc(OC)c(COc3c(Cl)cccc3Cl)c2)NC1=S. The molecule has 1 saturated heterocycles. The Morgan fingerprint density at radius 1 is 1.03 bits per heavy atom.